The summed E-state index contributed by atoms with van der Waals surface area (Å²) < 4.78 is 19.3. The molecule has 1 unspecified atom stereocenters. The summed E-state index contributed by atoms with van der Waals surface area (Å²) >= 11 is 0. The van der Waals surface area contributed by atoms with Crippen LogP contribution in [-0.4, -0.2) is 78.7 Å². The van der Waals surface area contributed by atoms with Gasteiger partial charge in [0.15, 0.2) is 0 Å². The number of carbonyl (C=O) groups excluding carboxylic acids is 1. The standard InChI is InChI=1S/C37H45N5O4/c1-5-45-37(43)35-29(16-10-22-46-32-17-8-12-26-11-6-7-13-27(26)32)28-14-9-15-30(34(28)39-35)33-25(2)41(4)40-36(33)31(38-3)18-19-42-20-23-44-24-21-42/h6-9,11-15,17,31,38-39H,5,10,16,18-24H2,1-4H3. The first-order valence-electron chi connectivity index (χ1n) is 16.4. The van der Waals surface area contributed by atoms with E-state index < -0.39 is 0 Å². The molecule has 2 aromatic heterocycles. The molecule has 1 aliphatic heterocycles. The Bertz CT molecular complexity index is 1800. The summed E-state index contributed by atoms with van der Waals surface area (Å²) in [4.78, 5) is 19.3. The van der Waals surface area contributed by atoms with Crippen LogP contribution in [0.25, 0.3) is 32.8 Å². The molecule has 9 heteroatoms. The third-order valence-electron chi connectivity index (χ3n) is 9.15. The Morgan fingerprint density at radius 2 is 1.83 bits per heavy atom. The average molecular weight is 624 g/mol. The Morgan fingerprint density at radius 1 is 1.07 bits per heavy atom. The molecule has 6 rings (SSSR count). The quantitative estimate of drug-likeness (QED) is 0.119. The van der Waals surface area contributed by atoms with Crippen LogP contribution in [0.5, 0.6) is 5.75 Å². The van der Waals surface area contributed by atoms with Crippen molar-refractivity contribution in [2.24, 2.45) is 7.05 Å². The lowest BCUT2D eigenvalue weighted by Gasteiger charge is -2.28. The fraction of sp³-hybridized carbons (Fsp3) is 0.405. The number of H-pyrrole nitrogens is 1. The molecule has 46 heavy (non-hydrogen) atoms. The van der Waals surface area contributed by atoms with Crippen molar-refractivity contribution in [1.29, 1.82) is 0 Å². The summed E-state index contributed by atoms with van der Waals surface area (Å²) in [6, 6.07) is 20.7. The molecule has 0 amide bonds. The Labute approximate surface area is 270 Å². The second-order valence-electron chi connectivity index (χ2n) is 11.9. The molecule has 1 aliphatic rings. The molecule has 3 aromatic carbocycles. The second-order valence-corrected chi connectivity index (χ2v) is 11.9. The zero-order chi connectivity index (χ0) is 32.0. The Kier molecular flexibility index (Phi) is 10.0. The predicted octanol–water partition coefficient (Wildman–Crippen LogP) is 6.20. The molecular formula is C37H45N5O4. The topological polar surface area (TPSA) is 93.6 Å². The second kappa shape index (κ2) is 14.5. The van der Waals surface area contributed by atoms with Crippen LogP contribution in [0.1, 0.15) is 53.2 Å². The monoisotopic (exact) mass is 623 g/mol. The number of nitrogens with zero attached hydrogens (tertiary/aromatic N) is 3. The van der Waals surface area contributed by atoms with E-state index in [2.05, 4.69) is 58.5 Å². The van der Waals surface area contributed by atoms with Crippen molar-refractivity contribution in [3.8, 4) is 16.9 Å². The number of morpholine rings is 1. The lowest BCUT2D eigenvalue weighted by molar-refractivity contribution is 0.0362. The van der Waals surface area contributed by atoms with Crippen LogP contribution in [0.15, 0.2) is 60.7 Å². The minimum absolute atomic E-state index is 0.0678. The number of para-hydroxylation sites is 1. The molecule has 0 spiro atoms. The number of esters is 1. The fourth-order valence-corrected chi connectivity index (χ4v) is 6.64. The van der Waals surface area contributed by atoms with Gasteiger partial charge in [-0.1, -0.05) is 54.6 Å². The first kappa shape index (κ1) is 31.8. The van der Waals surface area contributed by atoms with Gasteiger partial charge in [0.2, 0.25) is 0 Å². The molecule has 0 radical (unpaired) electrons. The third kappa shape index (κ3) is 6.54. The molecular weight excluding hydrogens is 578 g/mol. The molecule has 1 fully saturated rings. The number of hydrogen-bond donors (Lipinski definition) is 2. The van der Waals surface area contributed by atoms with Crippen LogP contribution in [0, 0.1) is 6.92 Å². The smallest absolute Gasteiger partial charge is 0.355 e. The average Bonchev–Trinajstić information content (AvgIpc) is 3.60. The maximum absolute atomic E-state index is 13.3. The van der Waals surface area contributed by atoms with Gasteiger partial charge in [-0.25, -0.2) is 4.79 Å². The van der Waals surface area contributed by atoms with Crippen molar-refractivity contribution in [3.63, 3.8) is 0 Å². The molecule has 242 valence electrons. The predicted molar refractivity (Wildman–Crippen MR) is 183 cm³/mol. The van der Waals surface area contributed by atoms with Gasteiger partial charge in [0.1, 0.15) is 11.4 Å². The summed E-state index contributed by atoms with van der Waals surface area (Å²) in [7, 11) is 4.00. The largest absolute Gasteiger partial charge is 0.493 e. The van der Waals surface area contributed by atoms with E-state index in [0.29, 0.717) is 25.3 Å². The van der Waals surface area contributed by atoms with Crippen LogP contribution in [0.3, 0.4) is 0 Å². The van der Waals surface area contributed by atoms with Crippen molar-refractivity contribution < 1.29 is 19.0 Å². The van der Waals surface area contributed by atoms with E-state index in [0.717, 1.165) is 101 Å². The highest BCUT2D eigenvalue weighted by atomic mass is 16.5. The Hall–Kier alpha value is -4.18. The highest BCUT2D eigenvalue weighted by Gasteiger charge is 2.27. The lowest BCUT2D eigenvalue weighted by Crippen LogP contribution is -2.38. The van der Waals surface area contributed by atoms with Gasteiger partial charge in [0.25, 0.3) is 0 Å². The first-order chi connectivity index (χ1) is 22.5. The van der Waals surface area contributed by atoms with Gasteiger partial charge in [0.05, 0.1) is 43.7 Å². The van der Waals surface area contributed by atoms with Crippen LogP contribution in [0.2, 0.25) is 0 Å². The third-order valence-corrected chi connectivity index (χ3v) is 9.15. The molecule has 2 N–H and O–H groups in total. The van der Waals surface area contributed by atoms with Gasteiger partial charge in [-0.2, -0.15) is 5.10 Å². The molecule has 0 aliphatic carbocycles. The summed E-state index contributed by atoms with van der Waals surface area (Å²) in [5, 5.41) is 11.8. The van der Waals surface area contributed by atoms with Gasteiger partial charge >= 0.3 is 5.97 Å². The summed E-state index contributed by atoms with van der Waals surface area (Å²) in [6.45, 7) is 9.24. The summed E-state index contributed by atoms with van der Waals surface area (Å²) in [5.41, 5.74) is 6.61. The van der Waals surface area contributed by atoms with E-state index in [1.54, 1.807) is 0 Å². The number of rotatable bonds is 13. The molecule has 0 saturated carbocycles. The van der Waals surface area contributed by atoms with Crippen molar-refractivity contribution in [1.82, 2.24) is 25.0 Å². The molecule has 0 bridgehead atoms. The zero-order valence-corrected chi connectivity index (χ0v) is 27.4. The number of fused-ring (bicyclic) bond motifs is 2. The Morgan fingerprint density at radius 3 is 2.63 bits per heavy atom. The van der Waals surface area contributed by atoms with Crippen molar-refractivity contribution in [2.75, 3.05) is 53.1 Å². The van der Waals surface area contributed by atoms with Crippen molar-refractivity contribution in [2.45, 2.75) is 39.2 Å². The highest BCUT2D eigenvalue weighted by Crippen LogP contribution is 2.38. The van der Waals surface area contributed by atoms with Gasteiger partial charge in [-0.15, -0.1) is 0 Å². The van der Waals surface area contributed by atoms with Gasteiger partial charge in [0, 0.05) is 54.3 Å². The van der Waals surface area contributed by atoms with E-state index in [1.165, 1.54) is 0 Å². The Balaban J connectivity index is 1.30. The van der Waals surface area contributed by atoms with Crippen LogP contribution < -0.4 is 10.1 Å². The first-order valence-corrected chi connectivity index (χ1v) is 16.4. The van der Waals surface area contributed by atoms with Gasteiger partial charge < -0.3 is 24.5 Å². The minimum atomic E-state index is -0.337. The number of carbonyl (C=O) groups is 1. The van der Waals surface area contributed by atoms with E-state index >= 15 is 0 Å². The number of aromatic nitrogens is 3. The molecule has 9 nitrogen and oxygen atoms in total. The summed E-state index contributed by atoms with van der Waals surface area (Å²) in [5.74, 6) is 0.536. The number of nitrogens with one attached hydrogen (secondary N) is 2. The number of ether oxygens (including phenoxy) is 3. The molecule has 1 saturated heterocycles. The highest BCUT2D eigenvalue weighted by molar-refractivity contribution is 6.04. The van der Waals surface area contributed by atoms with Crippen LogP contribution in [-0.2, 0) is 22.9 Å². The van der Waals surface area contributed by atoms with E-state index in [9.17, 15) is 4.79 Å². The van der Waals surface area contributed by atoms with E-state index in [1.807, 2.05) is 50.0 Å². The summed E-state index contributed by atoms with van der Waals surface area (Å²) in [6.07, 6.45) is 2.34. The fourth-order valence-electron chi connectivity index (χ4n) is 6.64. The number of hydrogen-bond acceptors (Lipinski definition) is 7. The number of aryl methyl sites for hydroxylation is 2. The lowest BCUT2D eigenvalue weighted by atomic mass is 9.95. The molecule has 5 aromatic rings. The van der Waals surface area contributed by atoms with Crippen molar-refractivity contribution >= 4 is 27.6 Å². The SMILES string of the molecule is CCOC(=O)c1[nH]c2c(-c3c(C(CCN4CCOCC4)NC)nn(C)c3C)cccc2c1CCCOc1cccc2ccccc12. The normalized spacial score (nSPS) is 14.6. The number of benzene rings is 3. The molecule has 1 atom stereocenters. The number of aromatic amines is 1. The van der Waals surface area contributed by atoms with Gasteiger partial charge in [-0.05, 0) is 57.2 Å². The van der Waals surface area contributed by atoms with Crippen LogP contribution >= 0.6 is 0 Å². The van der Waals surface area contributed by atoms with Crippen molar-refractivity contribution in [3.05, 3.63) is 83.3 Å². The maximum Gasteiger partial charge on any atom is 0.355 e. The zero-order valence-electron chi connectivity index (χ0n) is 27.4. The minimum Gasteiger partial charge on any atom is -0.493 e. The maximum atomic E-state index is 13.3. The molecule has 3 heterocycles. The van der Waals surface area contributed by atoms with Crippen LogP contribution in [0.4, 0.5) is 0 Å². The van der Waals surface area contributed by atoms with E-state index in [-0.39, 0.29) is 12.0 Å². The van der Waals surface area contributed by atoms with E-state index in [4.69, 9.17) is 19.3 Å². The van der Waals surface area contributed by atoms with Gasteiger partial charge in [-0.3, -0.25) is 9.58 Å².